The third kappa shape index (κ3) is 1.52. The summed E-state index contributed by atoms with van der Waals surface area (Å²) in [7, 11) is 2.15. The number of aromatic nitrogens is 2. The first-order valence-corrected chi connectivity index (χ1v) is 6.30. The van der Waals surface area contributed by atoms with E-state index in [0.29, 0.717) is 6.04 Å². The van der Waals surface area contributed by atoms with Crippen LogP contribution >= 0.6 is 0 Å². The molecule has 1 aromatic heterocycles. The van der Waals surface area contributed by atoms with Crippen molar-refractivity contribution in [2.45, 2.75) is 44.7 Å². The van der Waals surface area contributed by atoms with Gasteiger partial charge in [0.05, 0.1) is 6.04 Å². The lowest BCUT2D eigenvalue weighted by Crippen LogP contribution is -2.28. The molecule has 4 heteroatoms. The van der Waals surface area contributed by atoms with E-state index >= 15 is 0 Å². The van der Waals surface area contributed by atoms with E-state index < -0.39 is 0 Å². The Morgan fingerprint density at radius 3 is 2.81 bits per heavy atom. The molecule has 1 aliphatic carbocycles. The monoisotopic (exact) mass is 220 g/mol. The zero-order valence-electron chi connectivity index (χ0n) is 9.95. The predicted molar refractivity (Wildman–Crippen MR) is 64.2 cm³/mol. The zero-order valence-corrected chi connectivity index (χ0v) is 9.95. The highest BCUT2D eigenvalue weighted by Gasteiger charge is 2.26. The standard InChI is InChI=1S/C12H20N4/c1-15-7-6-11-10(8-15)12(13)14-16(11)9-4-2-3-5-9/h9H,2-8H2,1H3,(H2,13,14). The lowest BCUT2D eigenvalue weighted by Gasteiger charge is -2.24. The van der Waals surface area contributed by atoms with Crippen molar-refractivity contribution in [2.24, 2.45) is 0 Å². The van der Waals surface area contributed by atoms with Crippen LogP contribution in [0.4, 0.5) is 5.82 Å². The van der Waals surface area contributed by atoms with Gasteiger partial charge in [-0.25, -0.2) is 0 Å². The number of rotatable bonds is 1. The van der Waals surface area contributed by atoms with Gasteiger partial charge in [0.2, 0.25) is 0 Å². The highest BCUT2D eigenvalue weighted by molar-refractivity contribution is 5.44. The zero-order chi connectivity index (χ0) is 11.1. The highest BCUT2D eigenvalue weighted by Crippen LogP contribution is 2.33. The van der Waals surface area contributed by atoms with Crippen molar-refractivity contribution in [3.63, 3.8) is 0 Å². The van der Waals surface area contributed by atoms with Crippen molar-refractivity contribution in [3.8, 4) is 0 Å². The highest BCUT2D eigenvalue weighted by atomic mass is 15.3. The fourth-order valence-electron chi connectivity index (χ4n) is 3.06. The molecule has 4 nitrogen and oxygen atoms in total. The molecule has 0 bridgehead atoms. The van der Waals surface area contributed by atoms with Crippen LogP contribution in [0.15, 0.2) is 0 Å². The van der Waals surface area contributed by atoms with Crippen LogP contribution in [-0.4, -0.2) is 28.3 Å². The van der Waals surface area contributed by atoms with Crippen LogP contribution in [0.1, 0.15) is 43.0 Å². The number of likely N-dealkylation sites (N-methyl/N-ethyl adjacent to an activating group) is 1. The molecule has 2 N–H and O–H groups in total. The minimum atomic E-state index is 0.620. The molecule has 1 aliphatic heterocycles. The molecular formula is C12H20N4. The largest absolute Gasteiger partial charge is 0.382 e. The number of hydrogen-bond donors (Lipinski definition) is 1. The maximum absolute atomic E-state index is 6.03. The number of nitrogens with zero attached hydrogens (tertiary/aromatic N) is 3. The third-order valence-corrected chi connectivity index (χ3v) is 3.98. The van der Waals surface area contributed by atoms with Crippen molar-refractivity contribution in [2.75, 3.05) is 19.3 Å². The number of hydrogen-bond acceptors (Lipinski definition) is 3. The van der Waals surface area contributed by atoms with Crippen molar-refractivity contribution < 1.29 is 0 Å². The molecule has 2 aliphatic rings. The van der Waals surface area contributed by atoms with Crippen LogP contribution < -0.4 is 5.73 Å². The van der Waals surface area contributed by atoms with Gasteiger partial charge in [0.25, 0.3) is 0 Å². The van der Waals surface area contributed by atoms with Gasteiger partial charge in [0, 0.05) is 30.8 Å². The van der Waals surface area contributed by atoms with E-state index in [-0.39, 0.29) is 0 Å². The molecular weight excluding hydrogens is 200 g/mol. The quantitative estimate of drug-likeness (QED) is 0.781. The van der Waals surface area contributed by atoms with Gasteiger partial charge in [0.15, 0.2) is 0 Å². The second-order valence-corrected chi connectivity index (χ2v) is 5.18. The first-order chi connectivity index (χ1) is 7.75. The van der Waals surface area contributed by atoms with Gasteiger partial charge in [-0.15, -0.1) is 0 Å². The van der Waals surface area contributed by atoms with Crippen molar-refractivity contribution in [3.05, 3.63) is 11.3 Å². The Labute approximate surface area is 96.4 Å². The number of nitrogens with two attached hydrogens (primary N) is 1. The van der Waals surface area contributed by atoms with Crippen molar-refractivity contribution in [1.82, 2.24) is 14.7 Å². The van der Waals surface area contributed by atoms with Gasteiger partial charge < -0.3 is 10.6 Å². The Bertz CT molecular complexity index is 390. The van der Waals surface area contributed by atoms with Gasteiger partial charge in [0.1, 0.15) is 5.82 Å². The lowest BCUT2D eigenvalue weighted by molar-refractivity contribution is 0.303. The van der Waals surface area contributed by atoms with E-state index in [2.05, 4.69) is 21.7 Å². The molecule has 0 radical (unpaired) electrons. The second kappa shape index (κ2) is 3.77. The van der Waals surface area contributed by atoms with E-state index in [0.717, 1.165) is 25.3 Å². The maximum Gasteiger partial charge on any atom is 0.150 e. The predicted octanol–water partition coefficient (Wildman–Crippen LogP) is 1.57. The van der Waals surface area contributed by atoms with Gasteiger partial charge in [-0.2, -0.15) is 5.10 Å². The van der Waals surface area contributed by atoms with Gasteiger partial charge in [-0.3, -0.25) is 4.68 Å². The van der Waals surface area contributed by atoms with E-state index in [4.69, 9.17) is 5.73 Å². The molecule has 88 valence electrons. The first-order valence-electron chi connectivity index (χ1n) is 6.30. The summed E-state index contributed by atoms with van der Waals surface area (Å²) in [6.45, 7) is 2.10. The van der Waals surface area contributed by atoms with Crippen molar-refractivity contribution in [1.29, 1.82) is 0 Å². The molecule has 16 heavy (non-hydrogen) atoms. The fraction of sp³-hybridized carbons (Fsp3) is 0.750. The molecule has 0 aromatic carbocycles. The van der Waals surface area contributed by atoms with Gasteiger partial charge >= 0.3 is 0 Å². The van der Waals surface area contributed by atoms with Gasteiger partial charge in [-0.1, -0.05) is 12.8 Å². The first kappa shape index (κ1) is 10.1. The average Bonchev–Trinajstić information content (AvgIpc) is 2.87. The Kier molecular flexibility index (Phi) is 2.39. The summed E-state index contributed by atoms with van der Waals surface area (Å²) in [4.78, 5) is 2.32. The molecule has 0 saturated heterocycles. The normalized spacial score (nSPS) is 22.6. The molecule has 0 atom stereocenters. The molecule has 2 heterocycles. The SMILES string of the molecule is CN1CCc2c(c(N)nn2C2CCCC2)C1. The lowest BCUT2D eigenvalue weighted by atomic mass is 10.1. The number of nitrogen functional groups attached to an aromatic ring is 1. The molecule has 1 saturated carbocycles. The topological polar surface area (TPSA) is 47.1 Å². The summed E-state index contributed by atoms with van der Waals surface area (Å²) < 4.78 is 2.24. The summed E-state index contributed by atoms with van der Waals surface area (Å²) in [5.41, 5.74) is 8.72. The molecule has 0 unspecified atom stereocenters. The molecule has 1 fully saturated rings. The number of fused-ring (bicyclic) bond motifs is 1. The Balaban J connectivity index is 1.97. The van der Waals surface area contributed by atoms with E-state index in [1.807, 2.05) is 0 Å². The minimum Gasteiger partial charge on any atom is -0.382 e. The molecule has 3 rings (SSSR count). The summed E-state index contributed by atoms with van der Waals surface area (Å²) in [5.74, 6) is 0.758. The van der Waals surface area contributed by atoms with Crippen LogP contribution in [0.3, 0.4) is 0 Å². The van der Waals surface area contributed by atoms with E-state index in [1.165, 1.54) is 36.9 Å². The van der Waals surface area contributed by atoms with Crippen LogP contribution in [0.5, 0.6) is 0 Å². The van der Waals surface area contributed by atoms with Crippen LogP contribution in [0.2, 0.25) is 0 Å². The van der Waals surface area contributed by atoms with Crippen LogP contribution in [-0.2, 0) is 13.0 Å². The molecule has 0 amide bonds. The Morgan fingerprint density at radius 1 is 1.31 bits per heavy atom. The smallest absolute Gasteiger partial charge is 0.150 e. The summed E-state index contributed by atoms with van der Waals surface area (Å²) >= 11 is 0. The minimum absolute atomic E-state index is 0.620. The summed E-state index contributed by atoms with van der Waals surface area (Å²) in [5, 5.41) is 4.58. The summed E-state index contributed by atoms with van der Waals surface area (Å²) in [6, 6.07) is 0.620. The Morgan fingerprint density at radius 2 is 2.06 bits per heavy atom. The average molecular weight is 220 g/mol. The maximum atomic E-state index is 6.03. The third-order valence-electron chi connectivity index (χ3n) is 3.98. The fourth-order valence-corrected chi connectivity index (χ4v) is 3.06. The second-order valence-electron chi connectivity index (χ2n) is 5.18. The molecule has 1 aromatic rings. The van der Waals surface area contributed by atoms with Crippen molar-refractivity contribution >= 4 is 5.82 Å². The Hall–Kier alpha value is -1.03. The van der Waals surface area contributed by atoms with E-state index in [1.54, 1.807) is 0 Å². The summed E-state index contributed by atoms with van der Waals surface area (Å²) in [6.07, 6.45) is 6.36. The number of anilines is 1. The molecule has 0 spiro atoms. The van der Waals surface area contributed by atoms with Crippen LogP contribution in [0, 0.1) is 0 Å². The van der Waals surface area contributed by atoms with E-state index in [9.17, 15) is 0 Å². The van der Waals surface area contributed by atoms with Crippen LogP contribution in [0.25, 0.3) is 0 Å². The van der Waals surface area contributed by atoms with Gasteiger partial charge in [-0.05, 0) is 19.9 Å².